The van der Waals surface area contributed by atoms with Crippen molar-refractivity contribution in [3.05, 3.63) is 12.2 Å². The third kappa shape index (κ3) is 9.57. The summed E-state index contributed by atoms with van der Waals surface area (Å²) in [5.41, 5.74) is 0. The summed E-state index contributed by atoms with van der Waals surface area (Å²) in [6.07, 6.45) is 8.34. The molecule has 0 aromatic heterocycles. The van der Waals surface area contributed by atoms with E-state index in [1.807, 2.05) is 6.08 Å². The van der Waals surface area contributed by atoms with E-state index in [-0.39, 0.29) is 10.4 Å². The Morgan fingerprint density at radius 3 is 2.53 bits per heavy atom. The Morgan fingerprint density at radius 2 is 2.00 bits per heavy atom. The zero-order valence-corrected chi connectivity index (χ0v) is 12.9. The molecule has 0 radical (unpaired) electrons. The van der Waals surface area contributed by atoms with Gasteiger partial charge in [-0.3, -0.25) is 0 Å². The molecule has 0 rings (SSSR count). The molecule has 2 nitrogen and oxygen atoms in total. The molecule has 1 unspecified atom stereocenters. The number of sulfone groups is 1. The third-order valence-electron chi connectivity index (χ3n) is 1.94. The van der Waals surface area contributed by atoms with Crippen LogP contribution in [0.4, 0.5) is 0 Å². The van der Waals surface area contributed by atoms with E-state index in [1.165, 1.54) is 19.3 Å². The van der Waals surface area contributed by atoms with Crippen LogP contribution in [-0.4, -0.2) is 23.7 Å². The van der Waals surface area contributed by atoms with Crippen molar-refractivity contribution in [2.45, 2.75) is 37.4 Å². The highest BCUT2D eigenvalue weighted by Gasteiger charge is 2.05. The lowest BCUT2D eigenvalue weighted by Crippen LogP contribution is -2.05. The molecule has 0 saturated heterocycles. The Labute approximate surface area is 110 Å². The molecule has 0 saturated carbocycles. The summed E-state index contributed by atoms with van der Waals surface area (Å²) in [6.45, 7) is 2.17. The first kappa shape index (κ1) is 15.7. The number of hydrogen-bond acceptors (Lipinski definition) is 2. The minimum Gasteiger partial charge on any atom is -0.228 e. The first-order valence-corrected chi connectivity index (χ1v) is 8.94. The van der Waals surface area contributed by atoms with Crippen LogP contribution in [0.1, 0.15) is 32.6 Å². The Kier molecular flexibility index (Phi) is 9.14. The van der Waals surface area contributed by atoms with Crippen molar-refractivity contribution in [3.8, 4) is 0 Å². The molecule has 0 N–H and O–H groups in total. The van der Waals surface area contributed by atoms with Gasteiger partial charge in [0.15, 0.2) is 9.84 Å². The summed E-state index contributed by atoms with van der Waals surface area (Å²) in [5.74, 6) is 0.119. The zero-order chi connectivity index (χ0) is 11.7. The van der Waals surface area contributed by atoms with Gasteiger partial charge in [-0.05, 0) is 6.42 Å². The van der Waals surface area contributed by atoms with Crippen LogP contribution in [-0.2, 0) is 9.84 Å². The highest BCUT2D eigenvalue weighted by Crippen LogP contribution is 2.12. The van der Waals surface area contributed by atoms with E-state index in [2.05, 4.69) is 38.8 Å². The normalized spacial score (nSPS) is 14.6. The molecule has 0 aliphatic carbocycles. The highest BCUT2D eigenvalue weighted by atomic mass is 79.9. The number of hydrogen-bond donors (Lipinski definition) is 0. The fourth-order valence-corrected chi connectivity index (χ4v) is 2.67. The fourth-order valence-electron chi connectivity index (χ4n) is 1.08. The third-order valence-corrected chi connectivity index (χ3v) is 5.83. The molecule has 90 valence electrons. The van der Waals surface area contributed by atoms with E-state index >= 15 is 0 Å². The first-order chi connectivity index (χ1) is 7.02. The number of unbranched alkanes of at least 4 members (excludes halogenated alkanes) is 2. The summed E-state index contributed by atoms with van der Waals surface area (Å²) in [6, 6.07) is 0. The molecular weight excluding hydrogens is 344 g/mol. The number of allylic oxidation sites excluding steroid dienone is 1. The molecule has 0 aromatic rings. The summed E-state index contributed by atoms with van der Waals surface area (Å²) in [5, 5.41) is 0. The Morgan fingerprint density at radius 1 is 1.33 bits per heavy atom. The standard InChI is InChI=1S/C10H18Br2O2S/c1-2-3-4-6-10(12)7-5-8-15(13,14)9-11/h5,7,10H,2-4,6,8-9H2,1H3/b7-5+. The predicted octanol–water partition coefficient (Wildman–Crippen LogP) is 3.65. The van der Waals surface area contributed by atoms with Crippen LogP contribution in [0.2, 0.25) is 0 Å². The largest absolute Gasteiger partial charge is 0.228 e. The van der Waals surface area contributed by atoms with Gasteiger partial charge in [-0.15, -0.1) is 0 Å². The van der Waals surface area contributed by atoms with Gasteiger partial charge in [0.1, 0.15) is 4.66 Å². The molecular formula is C10H18Br2O2S. The minimum atomic E-state index is -2.93. The summed E-state index contributed by atoms with van der Waals surface area (Å²) in [4.78, 5) is 0.301. The number of alkyl halides is 2. The summed E-state index contributed by atoms with van der Waals surface area (Å²) in [7, 11) is -2.93. The van der Waals surface area contributed by atoms with E-state index in [0.29, 0.717) is 4.83 Å². The van der Waals surface area contributed by atoms with E-state index in [0.717, 1.165) is 6.42 Å². The molecule has 15 heavy (non-hydrogen) atoms. The second-order valence-electron chi connectivity index (χ2n) is 3.46. The van der Waals surface area contributed by atoms with Gasteiger partial charge >= 0.3 is 0 Å². The van der Waals surface area contributed by atoms with Crippen LogP contribution in [0.3, 0.4) is 0 Å². The van der Waals surface area contributed by atoms with Crippen LogP contribution in [0.15, 0.2) is 12.2 Å². The van der Waals surface area contributed by atoms with Gasteiger partial charge in [0, 0.05) is 4.83 Å². The van der Waals surface area contributed by atoms with Crippen LogP contribution >= 0.6 is 31.9 Å². The smallest absolute Gasteiger partial charge is 0.163 e. The van der Waals surface area contributed by atoms with Crippen molar-refractivity contribution in [1.29, 1.82) is 0 Å². The van der Waals surface area contributed by atoms with Crippen LogP contribution in [0.5, 0.6) is 0 Å². The van der Waals surface area contributed by atoms with E-state index in [9.17, 15) is 8.42 Å². The molecule has 0 aliphatic heterocycles. The van der Waals surface area contributed by atoms with Gasteiger partial charge < -0.3 is 0 Å². The van der Waals surface area contributed by atoms with Crippen molar-refractivity contribution in [3.63, 3.8) is 0 Å². The second-order valence-corrected chi connectivity index (χ2v) is 8.05. The maximum Gasteiger partial charge on any atom is 0.163 e. The Bertz CT molecular complexity index is 273. The van der Waals surface area contributed by atoms with Gasteiger partial charge in [0.05, 0.1) is 5.75 Å². The monoisotopic (exact) mass is 360 g/mol. The van der Waals surface area contributed by atoms with E-state index in [4.69, 9.17) is 0 Å². The lowest BCUT2D eigenvalue weighted by molar-refractivity contribution is 0.604. The molecule has 0 bridgehead atoms. The van der Waals surface area contributed by atoms with Crippen LogP contribution < -0.4 is 0 Å². The Balaban J connectivity index is 3.76. The van der Waals surface area contributed by atoms with Crippen molar-refractivity contribution < 1.29 is 8.42 Å². The lowest BCUT2D eigenvalue weighted by atomic mass is 10.1. The number of rotatable bonds is 8. The quantitative estimate of drug-likeness (QED) is 0.375. The van der Waals surface area contributed by atoms with E-state index < -0.39 is 9.84 Å². The zero-order valence-electron chi connectivity index (χ0n) is 8.96. The molecule has 0 spiro atoms. The molecule has 0 aromatic carbocycles. The van der Waals surface area contributed by atoms with Crippen LogP contribution in [0, 0.1) is 0 Å². The minimum absolute atomic E-state index is 0.0348. The maximum absolute atomic E-state index is 11.1. The van der Waals surface area contributed by atoms with Gasteiger partial charge in [0.2, 0.25) is 0 Å². The van der Waals surface area contributed by atoms with Crippen molar-refractivity contribution in [2.75, 3.05) is 10.4 Å². The summed E-state index contributed by atoms with van der Waals surface area (Å²) >= 11 is 6.46. The van der Waals surface area contributed by atoms with Crippen molar-refractivity contribution in [1.82, 2.24) is 0 Å². The molecule has 0 fully saturated rings. The molecule has 0 amide bonds. The molecule has 1 atom stereocenters. The van der Waals surface area contributed by atoms with E-state index in [1.54, 1.807) is 6.08 Å². The van der Waals surface area contributed by atoms with Crippen molar-refractivity contribution in [2.24, 2.45) is 0 Å². The average Bonchev–Trinajstić information content (AvgIpc) is 2.18. The van der Waals surface area contributed by atoms with Gasteiger partial charge in [-0.25, -0.2) is 8.42 Å². The van der Waals surface area contributed by atoms with Gasteiger partial charge in [0.25, 0.3) is 0 Å². The predicted molar refractivity (Wildman–Crippen MR) is 73.6 cm³/mol. The molecule has 0 aliphatic rings. The average molecular weight is 362 g/mol. The highest BCUT2D eigenvalue weighted by molar-refractivity contribution is 9.10. The maximum atomic E-state index is 11.1. The fraction of sp³-hybridized carbons (Fsp3) is 0.800. The number of halogens is 2. The van der Waals surface area contributed by atoms with Gasteiger partial charge in [-0.2, -0.15) is 0 Å². The SMILES string of the molecule is CCCCCC(Br)/C=C/CS(=O)(=O)CBr. The van der Waals surface area contributed by atoms with Crippen molar-refractivity contribution >= 4 is 41.7 Å². The lowest BCUT2D eigenvalue weighted by Gasteiger charge is -2.02. The molecule has 0 heterocycles. The first-order valence-electron chi connectivity index (χ1n) is 5.09. The summed E-state index contributed by atoms with van der Waals surface area (Å²) < 4.78 is 22.3. The topological polar surface area (TPSA) is 34.1 Å². The van der Waals surface area contributed by atoms with Gasteiger partial charge in [-0.1, -0.05) is 70.2 Å². The second kappa shape index (κ2) is 8.76. The molecule has 5 heteroatoms. The van der Waals surface area contributed by atoms with Crippen LogP contribution in [0.25, 0.3) is 0 Å². The Hall–Kier alpha value is 0.650.